The molecular weight excluding hydrogens is 246 g/mol. The minimum atomic E-state index is -0.150. The van der Waals surface area contributed by atoms with Gasteiger partial charge in [-0.1, -0.05) is 6.92 Å². The number of amides is 1. The zero-order valence-electron chi connectivity index (χ0n) is 11.2. The van der Waals surface area contributed by atoms with Crippen LogP contribution in [0, 0.1) is 0 Å². The number of carbonyl (C=O) groups is 2. The number of rotatable bonds is 4. The van der Waals surface area contributed by atoms with E-state index in [9.17, 15) is 14.4 Å². The van der Waals surface area contributed by atoms with Crippen LogP contribution in [-0.2, 0) is 22.7 Å². The van der Waals surface area contributed by atoms with Crippen molar-refractivity contribution in [1.82, 2.24) is 14.0 Å². The fourth-order valence-electron chi connectivity index (χ4n) is 2.24. The molecule has 0 spiro atoms. The van der Waals surface area contributed by atoms with Gasteiger partial charge in [-0.2, -0.15) is 0 Å². The first-order chi connectivity index (χ1) is 9.11. The maximum Gasteiger partial charge on any atom is 0.328 e. The third kappa shape index (κ3) is 3.13. The molecule has 1 aromatic rings. The van der Waals surface area contributed by atoms with Gasteiger partial charge in [0.1, 0.15) is 12.3 Å². The van der Waals surface area contributed by atoms with Gasteiger partial charge in [-0.15, -0.1) is 0 Å². The highest BCUT2D eigenvalue weighted by Crippen LogP contribution is 2.06. The number of hydrogen-bond donors (Lipinski definition) is 0. The van der Waals surface area contributed by atoms with Crippen molar-refractivity contribution < 1.29 is 9.59 Å². The van der Waals surface area contributed by atoms with Crippen molar-refractivity contribution in [2.45, 2.75) is 39.3 Å². The van der Waals surface area contributed by atoms with E-state index < -0.39 is 0 Å². The monoisotopic (exact) mass is 265 g/mol. The molecule has 6 nitrogen and oxygen atoms in total. The van der Waals surface area contributed by atoms with Crippen LogP contribution in [0.1, 0.15) is 26.2 Å². The standard InChI is InChI=1S/C13H19N3O3/c1-2-5-15-8-9-16(13(15)19)10-12(18)14-6-3-11(17)4-7-14/h8-9H,2-7,10H2,1H3. The lowest BCUT2D eigenvalue weighted by Gasteiger charge is -2.25. The molecule has 0 saturated carbocycles. The van der Waals surface area contributed by atoms with Gasteiger partial charge in [0.05, 0.1) is 0 Å². The minimum absolute atomic E-state index is 0.0593. The van der Waals surface area contributed by atoms with Crippen LogP contribution in [-0.4, -0.2) is 38.8 Å². The molecule has 2 rings (SSSR count). The summed E-state index contributed by atoms with van der Waals surface area (Å²) in [6, 6.07) is 0. The van der Waals surface area contributed by atoms with Gasteiger partial charge in [0.25, 0.3) is 0 Å². The Bertz CT molecular complexity index is 519. The van der Waals surface area contributed by atoms with Crippen LogP contribution in [0.25, 0.3) is 0 Å². The highest BCUT2D eigenvalue weighted by molar-refractivity contribution is 5.83. The third-order valence-corrected chi connectivity index (χ3v) is 3.36. The summed E-state index contributed by atoms with van der Waals surface area (Å²) in [7, 11) is 0. The third-order valence-electron chi connectivity index (χ3n) is 3.36. The van der Waals surface area contributed by atoms with E-state index in [1.54, 1.807) is 21.9 Å². The number of hydrogen-bond acceptors (Lipinski definition) is 3. The number of imidazole rings is 1. The Hall–Kier alpha value is -1.85. The van der Waals surface area contributed by atoms with Gasteiger partial charge in [-0.3, -0.25) is 18.7 Å². The van der Waals surface area contributed by atoms with Crippen molar-refractivity contribution in [3.63, 3.8) is 0 Å². The van der Waals surface area contributed by atoms with Gasteiger partial charge >= 0.3 is 5.69 Å². The van der Waals surface area contributed by atoms with Crippen LogP contribution >= 0.6 is 0 Å². The molecule has 19 heavy (non-hydrogen) atoms. The van der Waals surface area contributed by atoms with Crippen molar-refractivity contribution in [1.29, 1.82) is 0 Å². The van der Waals surface area contributed by atoms with Crippen molar-refractivity contribution >= 4 is 11.7 Å². The number of aryl methyl sites for hydroxylation is 1. The van der Waals surface area contributed by atoms with Crippen LogP contribution in [0.4, 0.5) is 0 Å². The highest BCUT2D eigenvalue weighted by atomic mass is 16.2. The maximum absolute atomic E-state index is 12.0. The molecule has 0 radical (unpaired) electrons. The predicted octanol–water partition coefficient (Wildman–Crippen LogP) is 0.251. The number of aromatic nitrogens is 2. The van der Waals surface area contributed by atoms with Gasteiger partial charge in [-0.25, -0.2) is 4.79 Å². The number of piperidine rings is 1. The van der Waals surface area contributed by atoms with E-state index >= 15 is 0 Å². The lowest BCUT2D eigenvalue weighted by molar-refractivity contribution is -0.135. The molecule has 104 valence electrons. The number of Topliss-reactive ketones (excluding diaryl/α,β-unsaturated/α-hetero) is 1. The van der Waals surface area contributed by atoms with Crippen LogP contribution < -0.4 is 5.69 Å². The molecule has 1 aromatic heterocycles. The second-order valence-corrected chi connectivity index (χ2v) is 4.82. The fourth-order valence-corrected chi connectivity index (χ4v) is 2.24. The molecule has 0 unspecified atom stereocenters. The van der Waals surface area contributed by atoms with Crippen molar-refractivity contribution in [2.24, 2.45) is 0 Å². The SMILES string of the molecule is CCCn1ccn(CC(=O)N2CCC(=O)CC2)c1=O. The normalized spacial score (nSPS) is 15.8. The molecule has 1 amide bonds. The molecule has 0 aromatic carbocycles. The van der Waals surface area contributed by atoms with Crippen LogP contribution in [0.3, 0.4) is 0 Å². The number of carbonyl (C=O) groups excluding carboxylic acids is 2. The predicted molar refractivity (Wildman–Crippen MR) is 69.8 cm³/mol. The van der Waals surface area contributed by atoms with Gasteiger partial charge in [0, 0.05) is 44.9 Å². The van der Waals surface area contributed by atoms with Gasteiger partial charge in [0.2, 0.25) is 5.91 Å². The zero-order valence-corrected chi connectivity index (χ0v) is 11.2. The summed E-state index contributed by atoms with van der Waals surface area (Å²) in [4.78, 5) is 36.7. The Morgan fingerprint density at radius 1 is 1.16 bits per heavy atom. The zero-order chi connectivity index (χ0) is 13.8. The molecule has 1 aliphatic heterocycles. The molecule has 6 heteroatoms. The molecule has 0 atom stereocenters. The van der Waals surface area contributed by atoms with E-state index in [0.29, 0.717) is 32.5 Å². The first kappa shape index (κ1) is 13.6. The quantitative estimate of drug-likeness (QED) is 0.784. The number of ketones is 1. The molecule has 0 aliphatic carbocycles. The Morgan fingerprint density at radius 2 is 1.79 bits per heavy atom. The molecule has 1 aliphatic rings. The van der Waals surface area contributed by atoms with E-state index in [-0.39, 0.29) is 23.9 Å². The average molecular weight is 265 g/mol. The Balaban J connectivity index is 1.99. The molecule has 0 bridgehead atoms. The Kier molecular flexibility index (Phi) is 4.19. The van der Waals surface area contributed by atoms with E-state index in [4.69, 9.17) is 0 Å². The summed E-state index contributed by atoms with van der Waals surface area (Å²) in [5.74, 6) is 0.110. The van der Waals surface area contributed by atoms with Crippen LogP contribution in [0.15, 0.2) is 17.2 Å². The Labute approximate surface area is 111 Å². The second kappa shape index (κ2) is 5.86. The molecule has 1 fully saturated rings. The smallest absolute Gasteiger partial charge is 0.328 e. The summed E-state index contributed by atoms with van der Waals surface area (Å²) in [6.45, 7) is 3.67. The van der Waals surface area contributed by atoms with Crippen LogP contribution in [0.2, 0.25) is 0 Å². The van der Waals surface area contributed by atoms with Crippen molar-refractivity contribution in [3.05, 3.63) is 22.9 Å². The first-order valence-corrected chi connectivity index (χ1v) is 6.67. The van der Waals surface area contributed by atoms with Gasteiger partial charge in [0.15, 0.2) is 0 Å². The van der Waals surface area contributed by atoms with Crippen molar-refractivity contribution in [3.8, 4) is 0 Å². The molecule has 2 heterocycles. The van der Waals surface area contributed by atoms with Crippen LogP contribution in [0.5, 0.6) is 0 Å². The number of nitrogens with zero attached hydrogens (tertiary/aromatic N) is 3. The molecule has 1 saturated heterocycles. The van der Waals surface area contributed by atoms with E-state index in [1.165, 1.54) is 4.57 Å². The molecule has 0 N–H and O–H groups in total. The summed E-state index contributed by atoms with van der Waals surface area (Å²) in [6.07, 6.45) is 5.09. The Morgan fingerprint density at radius 3 is 2.42 bits per heavy atom. The van der Waals surface area contributed by atoms with E-state index in [0.717, 1.165) is 6.42 Å². The van der Waals surface area contributed by atoms with Crippen molar-refractivity contribution in [2.75, 3.05) is 13.1 Å². The lowest BCUT2D eigenvalue weighted by Crippen LogP contribution is -2.41. The molecular formula is C13H19N3O3. The number of likely N-dealkylation sites (tertiary alicyclic amines) is 1. The summed E-state index contributed by atoms with van der Waals surface area (Å²) in [5, 5.41) is 0. The van der Waals surface area contributed by atoms with E-state index in [2.05, 4.69) is 0 Å². The minimum Gasteiger partial charge on any atom is -0.340 e. The highest BCUT2D eigenvalue weighted by Gasteiger charge is 2.21. The van der Waals surface area contributed by atoms with Gasteiger partial charge < -0.3 is 4.90 Å². The second-order valence-electron chi connectivity index (χ2n) is 4.82. The summed E-state index contributed by atoms with van der Waals surface area (Å²) in [5.41, 5.74) is -0.150. The fraction of sp³-hybridized carbons (Fsp3) is 0.615. The largest absolute Gasteiger partial charge is 0.340 e. The van der Waals surface area contributed by atoms with E-state index in [1.807, 2.05) is 6.92 Å². The van der Waals surface area contributed by atoms with Gasteiger partial charge in [-0.05, 0) is 6.42 Å². The summed E-state index contributed by atoms with van der Waals surface area (Å²) >= 11 is 0. The maximum atomic E-state index is 12.0. The first-order valence-electron chi connectivity index (χ1n) is 6.67. The average Bonchev–Trinajstić information content (AvgIpc) is 2.73. The topological polar surface area (TPSA) is 64.3 Å². The summed E-state index contributed by atoms with van der Waals surface area (Å²) < 4.78 is 3.03. The lowest BCUT2D eigenvalue weighted by atomic mass is 10.1.